The SMILES string of the molecule is COC(=O)C(NC(=O)C(C)(OC(C)=O)C(C)C)C(C)C. The van der Waals surface area contributed by atoms with E-state index in [0.29, 0.717) is 0 Å². The van der Waals surface area contributed by atoms with Crippen LogP contribution in [0.1, 0.15) is 41.5 Å². The molecule has 0 fully saturated rings. The minimum absolute atomic E-state index is 0.139. The third-order valence-corrected chi connectivity index (χ3v) is 3.32. The van der Waals surface area contributed by atoms with Crippen LogP contribution < -0.4 is 5.32 Å². The van der Waals surface area contributed by atoms with Gasteiger partial charge >= 0.3 is 11.9 Å². The number of esters is 2. The zero-order chi connectivity index (χ0) is 16.1. The quantitative estimate of drug-likeness (QED) is 0.744. The van der Waals surface area contributed by atoms with Gasteiger partial charge in [-0.2, -0.15) is 0 Å². The molecule has 2 atom stereocenters. The lowest BCUT2D eigenvalue weighted by molar-refractivity contribution is -0.171. The van der Waals surface area contributed by atoms with Crippen molar-refractivity contribution < 1.29 is 23.9 Å². The Morgan fingerprint density at radius 2 is 1.60 bits per heavy atom. The number of rotatable bonds is 6. The monoisotopic (exact) mass is 287 g/mol. The van der Waals surface area contributed by atoms with E-state index in [9.17, 15) is 14.4 Å². The van der Waals surface area contributed by atoms with E-state index in [1.54, 1.807) is 27.7 Å². The number of carbonyl (C=O) groups is 3. The fourth-order valence-electron chi connectivity index (χ4n) is 1.63. The van der Waals surface area contributed by atoms with Gasteiger partial charge in [0.05, 0.1) is 7.11 Å². The number of amides is 1. The van der Waals surface area contributed by atoms with Crippen molar-refractivity contribution in [2.24, 2.45) is 11.8 Å². The maximum absolute atomic E-state index is 12.4. The van der Waals surface area contributed by atoms with Crippen molar-refractivity contribution in [3.05, 3.63) is 0 Å². The molecule has 0 radical (unpaired) electrons. The summed E-state index contributed by atoms with van der Waals surface area (Å²) in [5.41, 5.74) is -1.33. The smallest absolute Gasteiger partial charge is 0.328 e. The van der Waals surface area contributed by atoms with E-state index in [4.69, 9.17) is 4.74 Å². The second-order valence-electron chi connectivity index (χ2n) is 5.57. The van der Waals surface area contributed by atoms with Crippen LogP contribution in [0.15, 0.2) is 0 Å². The standard InChI is InChI=1S/C14H25NO5/c1-8(2)11(12(17)19-7)15-13(18)14(6,9(3)4)20-10(5)16/h8-9,11H,1-7H3,(H,15,18). The Morgan fingerprint density at radius 1 is 1.10 bits per heavy atom. The van der Waals surface area contributed by atoms with Crippen molar-refractivity contribution in [1.29, 1.82) is 0 Å². The van der Waals surface area contributed by atoms with Crippen LogP contribution in [0.3, 0.4) is 0 Å². The fraction of sp³-hybridized carbons (Fsp3) is 0.786. The molecule has 0 aliphatic heterocycles. The van der Waals surface area contributed by atoms with E-state index < -0.39 is 29.5 Å². The molecule has 0 aromatic heterocycles. The van der Waals surface area contributed by atoms with Crippen molar-refractivity contribution in [2.75, 3.05) is 7.11 Å². The average molecular weight is 287 g/mol. The van der Waals surface area contributed by atoms with Gasteiger partial charge in [0.15, 0.2) is 5.60 Å². The van der Waals surface area contributed by atoms with Crippen molar-refractivity contribution in [3.63, 3.8) is 0 Å². The molecule has 116 valence electrons. The van der Waals surface area contributed by atoms with Crippen LogP contribution in [0.25, 0.3) is 0 Å². The van der Waals surface area contributed by atoms with E-state index >= 15 is 0 Å². The summed E-state index contributed by atoms with van der Waals surface area (Å²) >= 11 is 0. The van der Waals surface area contributed by atoms with Gasteiger partial charge in [0.25, 0.3) is 5.91 Å². The maximum atomic E-state index is 12.4. The molecule has 0 saturated carbocycles. The second kappa shape index (κ2) is 7.26. The minimum Gasteiger partial charge on any atom is -0.467 e. The van der Waals surface area contributed by atoms with E-state index in [1.165, 1.54) is 21.0 Å². The molecule has 20 heavy (non-hydrogen) atoms. The summed E-state index contributed by atoms with van der Waals surface area (Å²) in [5, 5.41) is 2.60. The first-order chi connectivity index (χ1) is 9.06. The fourth-order valence-corrected chi connectivity index (χ4v) is 1.63. The first-order valence-electron chi connectivity index (χ1n) is 6.64. The predicted molar refractivity (Wildman–Crippen MR) is 73.8 cm³/mol. The van der Waals surface area contributed by atoms with Gasteiger partial charge in [0, 0.05) is 12.8 Å². The molecule has 0 spiro atoms. The molecule has 2 unspecified atom stereocenters. The predicted octanol–water partition coefficient (Wildman–Crippen LogP) is 1.28. The van der Waals surface area contributed by atoms with E-state index in [-0.39, 0.29) is 11.8 Å². The van der Waals surface area contributed by atoms with Crippen molar-refractivity contribution >= 4 is 17.8 Å². The third-order valence-electron chi connectivity index (χ3n) is 3.32. The van der Waals surface area contributed by atoms with Crippen LogP contribution in [0, 0.1) is 11.8 Å². The number of ether oxygens (including phenoxy) is 2. The summed E-state index contributed by atoms with van der Waals surface area (Å²) in [5.74, 6) is -1.96. The zero-order valence-corrected chi connectivity index (χ0v) is 13.3. The van der Waals surface area contributed by atoms with Gasteiger partial charge < -0.3 is 14.8 Å². The summed E-state index contributed by atoms with van der Waals surface area (Å²) in [7, 11) is 1.26. The normalized spacial score (nSPS) is 15.4. The van der Waals surface area contributed by atoms with E-state index in [0.717, 1.165) is 0 Å². The Hall–Kier alpha value is -1.59. The van der Waals surface area contributed by atoms with Crippen LogP contribution in [-0.2, 0) is 23.9 Å². The minimum atomic E-state index is -1.33. The van der Waals surface area contributed by atoms with Crippen LogP contribution >= 0.6 is 0 Å². The lowest BCUT2D eigenvalue weighted by Gasteiger charge is -2.33. The lowest BCUT2D eigenvalue weighted by atomic mass is 9.90. The zero-order valence-electron chi connectivity index (χ0n) is 13.3. The lowest BCUT2D eigenvalue weighted by Crippen LogP contribution is -2.56. The van der Waals surface area contributed by atoms with Crippen LogP contribution in [0.5, 0.6) is 0 Å². The highest BCUT2D eigenvalue weighted by Crippen LogP contribution is 2.23. The first kappa shape index (κ1) is 18.4. The van der Waals surface area contributed by atoms with Crippen molar-refractivity contribution in [3.8, 4) is 0 Å². The number of nitrogens with one attached hydrogen (secondary N) is 1. The third kappa shape index (κ3) is 4.51. The Kier molecular flexibility index (Phi) is 6.68. The largest absolute Gasteiger partial charge is 0.467 e. The van der Waals surface area contributed by atoms with E-state index in [1.807, 2.05) is 0 Å². The molecule has 0 aromatic rings. The number of methoxy groups -OCH3 is 1. The molecular formula is C14H25NO5. The topological polar surface area (TPSA) is 81.7 Å². The van der Waals surface area contributed by atoms with Crippen molar-refractivity contribution in [1.82, 2.24) is 5.32 Å². The molecule has 1 amide bonds. The van der Waals surface area contributed by atoms with Gasteiger partial charge in [0.1, 0.15) is 6.04 Å². The Bertz CT molecular complexity index is 378. The maximum Gasteiger partial charge on any atom is 0.328 e. The van der Waals surface area contributed by atoms with Crippen LogP contribution in [-0.4, -0.2) is 36.6 Å². The average Bonchev–Trinajstić information content (AvgIpc) is 2.32. The Morgan fingerprint density at radius 3 is 1.90 bits per heavy atom. The van der Waals surface area contributed by atoms with Crippen LogP contribution in [0.4, 0.5) is 0 Å². The molecular weight excluding hydrogens is 262 g/mol. The molecule has 0 aliphatic carbocycles. The van der Waals surface area contributed by atoms with Gasteiger partial charge in [0.2, 0.25) is 0 Å². The number of hydrogen-bond acceptors (Lipinski definition) is 5. The highest BCUT2D eigenvalue weighted by Gasteiger charge is 2.42. The van der Waals surface area contributed by atoms with Gasteiger partial charge in [-0.15, -0.1) is 0 Å². The molecule has 6 heteroatoms. The molecule has 1 N–H and O–H groups in total. The molecule has 6 nitrogen and oxygen atoms in total. The highest BCUT2D eigenvalue weighted by molar-refractivity contribution is 5.91. The molecule has 0 rings (SSSR count). The molecule has 0 aromatic carbocycles. The second-order valence-corrected chi connectivity index (χ2v) is 5.57. The molecule has 0 saturated heterocycles. The highest BCUT2D eigenvalue weighted by atomic mass is 16.6. The van der Waals surface area contributed by atoms with Gasteiger partial charge in [-0.05, 0) is 12.8 Å². The van der Waals surface area contributed by atoms with Crippen molar-refractivity contribution in [2.45, 2.75) is 53.2 Å². The van der Waals surface area contributed by atoms with Gasteiger partial charge in [-0.25, -0.2) is 4.79 Å². The number of hydrogen-bond donors (Lipinski definition) is 1. The molecule has 0 bridgehead atoms. The Labute approximate surface area is 120 Å². The molecule has 0 aliphatic rings. The summed E-state index contributed by atoms with van der Waals surface area (Å²) in [6.07, 6.45) is 0. The summed E-state index contributed by atoms with van der Waals surface area (Å²) in [6, 6.07) is -0.777. The van der Waals surface area contributed by atoms with E-state index in [2.05, 4.69) is 10.1 Å². The summed E-state index contributed by atoms with van der Waals surface area (Å²) in [4.78, 5) is 35.2. The number of carbonyl (C=O) groups excluding carboxylic acids is 3. The van der Waals surface area contributed by atoms with Gasteiger partial charge in [-0.3, -0.25) is 9.59 Å². The summed E-state index contributed by atoms with van der Waals surface area (Å²) in [6.45, 7) is 9.90. The van der Waals surface area contributed by atoms with Gasteiger partial charge in [-0.1, -0.05) is 27.7 Å². The summed E-state index contributed by atoms with van der Waals surface area (Å²) < 4.78 is 9.82. The van der Waals surface area contributed by atoms with Crippen LogP contribution in [0.2, 0.25) is 0 Å². The Balaban J connectivity index is 5.18. The molecule has 0 heterocycles. The first-order valence-corrected chi connectivity index (χ1v) is 6.64.